The number of aromatic nitrogens is 1. The minimum absolute atomic E-state index is 0.0580. The van der Waals surface area contributed by atoms with E-state index in [1.807, 2.05) is 24.3 Å². The van der Waals surface area contributed by atoms with E-state index in [9.17, 15) is 13.2 Å². The minimum atomic E-state index is -4.06. The Labute approximate surface area is 125 Å². The second kappa shape index (κ2) is 5.93. The minimum Gasteiger partial charge on any atom is -0.308 e. The van der Waals surface area contributed by atoms with E-state index in [4.69, 9.17) is 0 Å². The Hall–Kier alpha value is -1.14. The van der Waals surface area contributed by atoms with Gasteiger partial charge in [0.15, 0.2) is 0 Å². The number of para-hydroxylation sites is 1. The molecule has 0 amide bonds. The molecule has 0 spiro atoms. The van der Waals surface area contributed by atoms with Crippen LogP contribution >= 0.6 is 11.3 Å². The lowest BCUT2D eigenvalue weighted by atomic mass is 9.85. The zero-order valence-electron chi connectivity index (χ0n) is 11.5. The summed E-state index contributed by atoms with van der Waals surface area (Å²) in [6, 6.07) is 7.81. The highest BCUT2D eigenvalue weighted by Crippen LogP contribution is 2.37. The summed E-state index contributed by atoms with van der Waals surface area (Å²) in [6.07, 6.45) is -2.15. The molecular formula is C15H17F3N2S. The van der Waals surface area contributed by atoms with E-state index in [-0.39, 0.29) is 18.9 Å². The van der Waals surface area contributed by atoms with Crippen molar-refractivity contribution in [3.8, 4) is 0 Å². The highest BCUT2D eigenvalue weighted by Gasteiger charge is 2.41. The molecule has 1 N–H and O–H groups in total. The Morgan fingerprint density at radius 2 is 2.05 bits per heavy atom. The van der Waals surface area contributed by atoms with Crippen molar-refractivity contribution in [1.29, 1.82) is 0 Å². The first-order chi connectivity index (χ1) is 10.0. The summed E-state index contributed by atoms with van der Waals surface area (Å²) in [5.74, 6) is -1.15. The van der Waals surface area contributed by atoms with E-state index < -0.39 is 12.1 Å². The zero-order chi connectivity index (χ0) is 14.9. The van der Waals surface area contributed by atoms with Gasteiger partial charge in [-0.25, -0.2) is 4.98 Å². The molecule has 0 saturated heterocycles. The van der Waals surface area contributed by atoms with Crippen LogP contribution in [0.25, 0.3) is 10.2 Å². The molecule has 2 aromatic rings. The van der Waals surface area contributed by atoms with Crippen molar-refractivity contribution in [2.75, 3.05) is 0 Å². The molecular weight excluding hydrogens is 297 g/mol. The Morgan fingerprint density at radius 1 is 1.24 bits per heavy atom. The fourth-order valence-electron chi connectivity index (χ4n) is 2.90. The highest BCUT2D eigenvalue weighted by molar-refractivity contribution is 7.18. The first kappa shape index (κ1) is 14.8. The zero-order valence-corrected chi connectivity index (χ0v) is 12.3. The molecule has 2 nitrogen and oxygen atoms in total. The summed E-state index contributed by atoms with van der Waals surface area (Å²) < 4.78 is 39.5. The third-order valence-corrected chi connectivity index (χ3v) is 5.05. The topological polar surface area (TPSA) is 24.9 Å². The van der Waals surface area contributed by atoms with E-state index in [0.717, 1.165) is 21.6 Å². The Balaban J connectivity index is 1.59. The number of nitrogens with one attached hydrogen (secondary N) is 1. The average molecular weight is 314 g/mol. The van der Waals surface area contributed by atoms with E-state index in [2.05, 4.69) is 10.3 Å². The first-order valence-corrected chi connectivity index (χ1v) is 7.98. The standard InChI is InChI=1S/C15H17F3N2S/c16-15(17,18)10-4-3-5-11(8-10)19-9-14-20-12-6-1-2-7-13(12)21-14/h1-2,6-7,10-11,19H,3-5,8-9H2. The Bertz CT molecular complexity index is 575. The van der Waals surface area contributed by atoms with Gasteiger partial charge in [-0.05, 0) is 31.4 Å². The molecule has 21 heavy (non-hydrogen) atoms. The lowest BCUT2D eigenvalue weighted by Gasteiger charge is -2.30. The summed E-state index contributed by atoms with van der Waals surface area (Å²) in [4.78, 5) is 4.50. The van der Waals surface area contributed by atoms with E-state index in [1.54, 1.807) is 11.3 Å². The van der Waals surface area contributed by atoms with Gasteiger partial charge in [-0.1, -0.05) is 18.6 Å². The van der Waals surface area contributed by atoms with Crippen LogP contribution in [-0.2, 0) is 6.54 Å². The molecule has 2 unspecified atom stereocenters. The fraction of sp³-hybridized carbons (Fsp3) is 0.533. The summed E-state index contributed by atoms with van der Waals surface area (Å²) in [5.41, 5.74) is 0.955. The van der Waals surface area contributed by atoms with Crippen molar-refractivity contribution in [3.05, 3.63) is 29.3 Å². The number of benzene rings is 1. The first-order valence-electron chi connectivity index (χ1n) is 7.17. The maximum atomic E-state index is 12.8. The van der Waals surface area contributed by atoms with Gasteiger partial charge >= 0.3 is 6.18 Å². The predicted octanol–water partition coefficient (Wildman–Crippen LogP) is 4.51. The van der Waals surface area contributed by atoms with Crippen molar-refractivity contribution in [3.63, 3.8) is 0 Å². The average Bonchev–Trinajstić information content (AvgIpc) is 2.87. The molecule has 114 valence electrons. The quantitative estimate of drug-likeness (QED) is 0.902. The van der Waals surface area contributed by atoms with Gasteiger partial charge in [0, 0.05) is 12.6 Å². The van der Waals surface area contributed by atoms with Gasteiger partial charge in [0.05, 0.1) is 16.1 Å². The van der Waals surface area contributed by atoms with Crippen molar-refractivity contribution in [1.82, 2.24) is 10.3 Å². The molecule has 1 aromatic heterocycles. The number of hydrogen-bond acceptors (Lipinski definition) is 3. The van der Waals surface area contributed by atoms with E-state index in [1.165, 1.54) is 0 Å². The molecule has 1 aliphatic rings. The van der Waals surface area contributed by atoms with Crippen molar-refractivity contribution < 1.29 is 13.2 Å². The molecule has 1 aliphatic carbocycles. The van der Waals surface area contributed by atoms with Crippen LogP contribution in [0.2, 0.25) is 0 Å². The third-order valence-electron chi connectivity index (χ3n) is 4.02. The van der Waals surface area contributed by atoms with Gasteiger partial charge in [0.25, 0.3) is 0 Å². The molecule has 1 aromatic carbocycles. The molecule has 1 fully saturated rings. The highest BCUT2D eigenvalue weighted by atomic mass is 32.1. The summed E-state index contributed by atoms with van der Waals surface area (Å²) in [6.45, 7) is 0.550. The van der Waals surface area contributed by atoms with Gasteiger partial charge < -0.3 is 5.32 Å². The van der Waals surface area contributed by atoms with Crippen molar-refractivity contribution in [2.24, 2.45) is 5.92 Å². The normalized spacial score (nSPS) is 23.6. The predicted molar refractivity (Wildman–Crippen MR) is 78.3 cm³/mol. The van der Waals surface area contributed by atoms with Crippen LogP contribution in [0.5, 0.6) is 0 Å². The smallest absolute Gasteiger partial charge is 0.308 e. The largest absolute Gasteiger partial charge is 0.391 e. The lowest BCUT2D eigenvalue weighted by Crippen LogP contribution is -2.38. The van der Waals surface area contributed by atoms with Gasteiger partial charge in [-0.15, -0.1) is 11.3 Å². The summed E-state index contributed by atoms with van der Waals surface area (Å²) in [5, 5.41) is 4.18. The number of nitrogens with zero attached hydrogens (tertiary/aromatic N) is 1. The lowest BCUT2D eigenvalue weighted by molar-refractivity contribution is -0.183. The number of fused-ring (bicyclic) bond motifs is 1. The van der Waals surface area contributed by atoms with Crippen LogP contribution in [-0.4, -0.2) is 17.2 Å². The van der Waals surface area contributed by atoms with Gasteiger partial charge in [-0.2, -0.15) is 13.2 Å². The maximum Gasteiger partial charge on any atom is 0.391 e. The third kappa shape index (κ3) is 3.55. The van der Waals surface area contributed by atoms with Crippen LogP contribution < -0.4 is 5.32 Å². The molecule has 1 heterocycles. The molecule has 0 radical (unpaired) electrons. The Morgan fingerprint density at radius 3 is 2.81 bits per heavy atom. The van der Waals surface area contributed by atoms with Crippen LogP contribution in [0, 0.1) is 5.92 Å². The van der Waals surface area contributed by atoms with Crippen LogP contribution in [0.4, 0.5) is 13.2 Å². The summed E-state index contributed by atoms with van der Waals surface area (Å²) in [7, 11) is 0. The monoisotopic (exact) mass is 314 g/mol. The Kier molecular flexibility index (Phi) is 4.17. The number of rotatable bonds is 3. The number of thiazole rings is 1. The molecule has 2 atom stereocenters. The van der Waals surface area contributed by atoms with Crippen LogP contribution in [0.15, 0.2) is 24.3 Å². The number of alkyl halides is 3. The van der Waals surface area contributed by atoms with Gasteiger partial charge in [0.2, 0.25) is 0 Å². The number of halogens is 3. The molecule has 0 aliphatic heterocycles. The van der Waals surface area contributed by atoms with Crippen LogP contribution in [0.1, 0.15) is 30.7 Å². The van der Waals surface area contributed by atoms with E-state index in [0.29, 0.717) is 13.0 Å². The molecule has 1 saturated carbocycles. The molecule has 3 rings (SSSR count). The second-order valence-electron chi connectivity index (χ2n) is 5.56. The molecule has 6 heteroatoms. The maximum absolute atomic E-state index is 12.8. The SMILES string of the molecule is FC(F)(F)C1CCCC(NCc2nc3ccccc3s2)C1. The van der Waals surface area contributed by atoms with Gasteiger partial charge in [0.1, 0.15) is 5.01 Å². The summed E-state index contributed by atoms with van der Waals surface area (Å²) >= 11 is 1.60. The van der Waals surface area contributed by atoms with Crippen molar-refractivity contribution in [2.45, 2.75) is 44.4 Å². The van der Waals surface area contributed by atoms with Crippen LogP contribution in [0.3, 0.4) is 0 Å². The van der Waals surface area contributed by atoms with E-state index >= 15 is 0 Å². The van der Waals surface area contributed by atoms with Gasteiger partial charge in [-0.3, -0.25) is 0 Å². The van der Waals surface area contributed by atoms with Crippen molar-refractivity contribution >= 4 is 21.6 Å². The second-order valence-corrected chi connectivity index (χ2v) is 6.67. The number of hydrogen-bond donors (Lipinski definition) is 1. The fourth-order valence-corrected chi connectivity index (χ4v) is 3.82. The molecule has 0 bridgehead atoms.